The van der Waals surface area contributed by atoms with E-state index in [0.717, 1.165) is 32.0 Å². The molecule has 0 heterocycles. The molecule has 0 saturated heterocycles. The van der Waals surface area contributed by atoms with Gasteiger partial charge in [-0.1, -0.05) is 19.4 Å². The van der Waals surface area contributed by atoms with Gasteiger partial charge in [0.2, 0.25) is 0 Å². The van der Waals surface area contributed by atoms with E-state index in [1.807, 2.05) is 0 Å². The summed E-state index contributed by atoms with van der Waals surface area (Å²) in [6.07, 6.45) is 2.72. The highest BCUT2D eigenvalue weighted by Gasteiger charge is 2.12. The van der Waals surface area contributed by atoms with Crippen molar-refractivity contribution < 1.29 is 13.5 Å². The van der Waals surface area contributed by atoms with Gasteiger partial charge in [-0.15, -0.1) is 0 Å². The average molecular weight is 271 g/mol. The highest BCUT2D eigenvalue weighted by atomic mass is 19.1. The lowest BCUT2D eigenvalue weighted by Gasteiger charge is -2.17. The molecule has 0 fully saturated rings. The largest absolute Gasteiger partial charge is 0.383 e. The average Bonchev–Trinajstić information content (AvgIpc) is 2.38. The molecule has 108 valence electrons. The Labute approximate surface area is 114 Å². The maximum Gasteiger partial charge on any atom is 0.129 e. The number of hydrogen-bond donors (Lipinski definition) is 1. The zero-order chi connectivity index (χ0) is 14.1. The van der Waals surface area contributed by atoms with Crippen LogP contribution in [-0.2, 0) is 11.2 Å². The van der Waals surface area contributed by atoms with Gasteiger partial charge in [0.1, 0.15) is 11.6 Å². The van der Waals surface area contributed by atoms with Gasteiger partial charge in [0.15, 0.2) is 0 Å². The first-order chi connectivity index (χ1) is 9.17. The van der Waals surface area contributed by atoms with Crippen LogP contribution in [0.4, 0.5) is 8.78 Å². The Bertz CT molecular complexity index is 371. The van der Waals surface area contributed by atoms with E-state index in [2.05, 4.69) is 12.2 Å². The van der Waals surface area contributed by atoms with E-state index < -0.39 is 11.6 Å². The molecule has 1 aromatic carbocycles. The Morgan fingerprint density at radius 2 is 2.11 bits per heavy atom. The van der Waals surface area contributed by atoms with Crippen LogP contribution in [0.2, 0.25) is 0 Å². The fraction of sp³-hybridized carbons (Fsp3) is 0.600. The van der Waals surface area contributed by atoms with Crippen LogP contribution in [0.1, 0.15) is 25.3 Å². The van der Waals surface area contributed by atoms with Gasteiger partial charge in [0.25, 0.3) is 0 Å². The van der Waals surface area contributed by atoms with Gasteiger partial charge in [0.05, 0.1) is 6.61 Å². The Kier molecular flexibility index (Phi) is 7.60. The Morgan fingerprint density at radius 1 is 1.32 bits per heavy atom. The van der Waals surface area contributed by atoms with Crippen molar-refractivity contribution in [2.45, 2.75) is 26.2 Å². The highest BCUT2D eigenvalue weighted by Crippen LogP contribution is 2.17. The molecule has 1 N–H and O–H groups in total. The third kappa shape index (κ3) is 6.12. The van der Waals surface area contributed by atoms with Crippen LogP contribution in [-0.4, -0.2) is 26.8 Å². The number of methoxy groups -OCH3 is 1. The summed E-state index contributed by atoms with van der Waals surface area (Å²) in [6, 6.07) is 3.82. The van der Waals surface area contributed by atoms with Crippen molar-refractivity contribution in [3.05, 3.63) is 35.4 Å². The molecular weight excluding hydrogens is 248 g/mol. The van der Waals surface area contributed by atoms with Crippen molar-refractivity contribution in [2.24, 2.45) is 5.92 Å². The number of ether oxygens (including phenoxy) is 1. The van der Waals surface area contributed by atoms with Crippen molar-refractivity contribution in [1.82, 2.24) is 5.32 Å². The Balaban J connectivity index is 2.51. The minimum atomic E-state index is -0.522. The summed E-state index contributed by atoms with van der Waals surface area (Å²) in [5, 5.41) is 3.30. The lowest BCUT2D eigenvalue weighted by atomic mass is 9.94. The van der Waals surface area contributed by atoms with E-state index in [9.17, 15) is 8.78 Å². The summed E-state index contributed by atoms with van der Waals surface area (Å²) in [4.78, 5) is 0. The van der Waals surface area contributed by atoms with Gasteiger partial charge in [-0.05, 0) is 36.9 Å². The van der Waals surface area contributed by atoms with Crippen LogP contribution < -0.4 is 5.32 Å². The van der Waals surface area contributed by atoms with Crippen LogP contribution >= 0.6 is 0 Å². The molecule has 0 saturated carbocycles. The van der Waals surface area contributed by atoms with Crippen molar-refractivity contribution in [3.8, 4) is 0 Å². The third-order valence-electron chi connectivity index (χ3n) is 3.14. The second-order valence-electron chi connectivity index (χ2n) is 4.79. The summed E-state index contributed by atoms with van der Waals surface area (Å²) >= 11 is 0. The Morgan fingerprint density at radius 3 is 2.74 bits per heavy atom. The molecule has 0 aromatic heterocycles. The van der Waals surface area contributed by atoms with Gasteiger partial charge in [-0.3, -0.25) is 0 Å². The fourth-order valence-electron chi connectivity index (χ4n) is 2.16. The lowest BCUT2D eigenvalue weighted by Crippen LogP contribution is -2.27. The van der Waals surface area contributed by atoms with E-state index in [0.29, 0.717) is 24.5 Å². The van der Waals surface area contributed by atoms with E-state index in [4.69, 9.17) is 4.74 Å². The molecule has 0 aliphatic heterocycles. The second-order valence-corrected chi connectivity index (χ2v) is 4.79. The first-order valence-corrected chi connectivity index (χ1v) is 6.81. The molecule has 1 unspecified atom stereocenters. The molecule has 1 aromatic rings. The third-order valence-corrected chi connectivity index (χ3v) is 3.14. The number of nitrogens with one attached hydrogen (secondary N) is 1. The van der Waals surface area contributed by atoms with Crippen LogP contribution in [0, 0.1) is 17.6 Å². The van der Waals surface area contributed by atoms with Crippen LogP contribution in [0.15, 0.2) is 18.2 Å². The number of hydrogen-bond acceptors (Lipinski definition) is 2. The first kappa shape index (κ1) is 16.1. The van der Waals surface area contributed by atoms with Crippen molar-refractivity contribution in [2.75, 3.05) is 26.8 Å². The first-order valence-electron chi connectivity index (χ1n) is 6.81. The molecule has 0 bridgehead atoms. The van der Waals surface area contributed by atoms with Crippen molar-refractivity contribution in [3.63, 3.8) is 0 Å². The lowest BCUT2D eigenvalue weighted by molar-refractivity contribution is 0.197. The molecule has 4 heteroatoms. The molecule has 0 spiro atoms. The normalized spacial score (nSPS) is 12.6. The summed E-state index contributed by atoms with van der Waals surface area (Å²) in [6.45, 7) is 4.41. The van der Waals surface area contributed by atoms with Crippen LogP contribution in [0.25, 0.3) is 0 Å². The minimum Gasteiger partial charge on any atom is -0.383 e. The second kappa shape index (κ2) is 8.99. The minimum absolute atomic E-state index is 0.363. The monoisotopic (exact) mass is 271 g/mol. The molecule has 0 aliphatic rings. The van der Waals surface area contributed by atoms with Gasteiger partial charge in [0, 0.05) is 19.7 Å². The highest BCUT2D eigenvalue weighted by molar-refractivity contribution is 5.19. The van der Waals surface area contributed by atoms with Crippen molar-refractivity contribution in [1.29, 1.82) is 0 Å². The fourth-order valence-corrected chi connectivity index (χ4v) is 2.16. The molecule has 1 atom stereocenters. The molecule has 0 amide bonds. The number of rotatable bonds is 9. The van der Waals surface area contributed by atoms with E-state index in [1.54, 1.807) is 13.2 Å². The standard InChI is InChI=1S/C15H23F2NO/c1-3-4-12(11-18-7-8-19-2)9-13-5-6-14(16)10-15(13)17/h5-6,10,12,18H,3-4,7-9,11H2,1-2H3. The molecule has 0 radical (unpaired) electrons. The van der Waals surface area contributed by atoms with E-state index in [1.165, 1.54) is 6.07 Å². The number of benzene rings is 1. The smallest absolute Gasteiger partial charge is 0.129 e. The topological polar surface area (TPSA) is 21.3 Å². The Hall–Kier alpha value is -1.00. The van der Waals surface area contributed by atoms with Gasteiger partial charge in [-0.25, -0.2) is 8.78 Å². The summed E-state index contributed by atoms with van der Waals surface area (Å²) < 4.78 is 31.4. The van der Waals surface area contributed by atoms with Crippen LogP contribution in [0.3, 0.4) is 0 Å². The molecule has 19 heavy (non-hydrogen) atoms. The molecule has 0 aliphatic carbocycles. The quantitative estimate of drug-likeness (QED) is 0.697. The summed E-state index contributed by atoms with van der Waals surface area (Å²) in [5.74, 6) is -0.605. The zero-order valence-electron chi connectivity index (χ0n) is 11.7. The predicted octanol–water partition coefficient (Wildman–Crippen LogP) is 3.16. The SMILES string of the molecule is CCCC(CNCCOC)Cc1ccc(F)cc1F. The number of halogens is 2. The van der Waals surface area contributed by atoms with E-state index >= 15 is 0 Å². The van der Waals surface area contributed by atoms with Crippen LogP contribution in [0.5, 0.6) is 0 Å². The molecular formula is C15H23F2NO. The maximum absolute atomic E-state index is 13.6. The molecule has 2 nitrogen and oxygen atoms in total. The summed E-state index contributed by atoms with van der Waals surface area (Å²) in [7, 11) is 1.67. The van der Waals surface area contributed by atoms with E-state index in [-0.39, 0.29) is 0 Å². The van der Waals surface area contributed by atoms with Gasteiger partial charge < -0.3 is 10.1 Å². The van der Waals surface area contributed by atoms with Gasteiger partial charge in [-0.2, -0.15) is 0 Å². The zero-order valence-corrected chi connectivity index (χ0v) is 11.7. The summed E-state index contributed by atoms with van der Waals surface area (Å²) in [5.41, 5.74) is 0.591. The molecule has 1 rings (SSSR count). The maximum atomic E-state index is 13.6. The van der Waals surface area contributed by atoms with Gasteiger partial charge >= 0.3 is 0 Å². The van der Waals surface area contributed by atoms with Crippen molar-refractivity contribution >= 4 is 0 Å². The predicted molar refractivity (Wildman–Crippen MR) is 73.2 cm³/mol.